The van der Waals surface area contributed by atoms with Crippen LogP contribution in [0.1, 0.15) is 88.2 Å². The molecule has 0 amide bonds. The zero-order valence-corrected chi connectivity index (χ0v) is 34.7. The molecule has 4 aliphatic rings. The van der Waals surface area contributed by atoms with Crippen LogP contribution in [0.2, 0.25) is 0 Å². The maximum Gasteiger partial charge on any atom is 0.341 e. The van der Waals surface area contributed by atoms with E-state index in [0.717, 1.165) is 54.1 Å². The molecule has 1 N–H and O–H groups in total. The van der Waals surface area contributed by atoms with Crippen LogP contribution in [0, 0.1) is 17.3 Å². The summed E-state index contributed by atoms with van der Waals surface area (Å²) < 4.78 is 60.1. The highest BCUT2D eigenvalue weighted by Crippen LogP contribution is 2.70. The predicted molar refractivity (Wildman–Crippen MR) is 197 cm³/mol. The largest absolute Gasteiger partial charge is 0.472 e. The lowest BCUT2D eigenvalue weighted by molar-refractivity contribution is -0.386. The van der Waals surface area contributed by atoms with Gasteiger partial charge in [0, 0.05) is 40.8 Å². The molecule has 2 aromatic rings. The molecule has 1 saturated heterocycles. The predicted octanol–water partition coefficient (Wildman–Crippen LogP) is 1.75. The molecule has 2 aromatic heterocycles. The number of cyclic esters (lactones) is 1. The third kappa shape index (κ3) is 7.59. The Hall–Kier alpha value is -5.89. The van der Waals surface area contributed by atoms with Crippen LogP contribution >= 0.6 is 0 Å². The number of aryl methyl sites for hydroxylation is 1. The summed E-state index contributed by atoms with van der Waals surface area (Å²) >= 11 is 0. The van der Waals surface area contributed by atoms with Crippen molar-refractivity contribution in [1.82, 2.24) is 4.98 Å². The molecule has 6 rings (SSSR count). The van der Waals surface area contributed by atoms with E-state index in [2.05, 4.69) is 4.98 Å². The first-order valence-corrected chi connectivity index (χ1v) is 19.4. The molecule has 0 radical (unpaired) electrons. The van der Waals surface area contributed by atoms with Crippen LogP contribution in [0.15, 0.2) is 41.3 Å². The monoisotopic (exact) mass is 857 g/mol. The summed E-state index contributed by atoms with van der Waals surface area (Å²) in [6, 6.07) is 4.17. The second kappa shape index (κ2) is 16.5. The van der Waals surface area contributed by atoms with Gasteiger partial charge in [-0.2, -0.15) is 0 Å². The van der Waals surface area contributed by atoms with Crippen molar-refractivity contribution in [2.75, 3.05) is 13.2 Å². The summed E-state index contributed by atoms with van der Waals surface area (Å²) in [5.41, 5.74) is -10.3. The van der Waals surface area contributed by atoms with E-state index in [4.69, 9.17) is 47.0 Å². The van der Waals surface area contributed by atoms with Crippen LogP contribution in [-0.4, -0.2) is 124 Å². The van der Waals surface area contributed by atoms with Gasteiger partial charge in [0.15, 0.2) is 30.0 Å². The van der Waals surface area contributed by atoms with E-state index < -0.39 is 132 Å². The number of fused-ring (bicyclic) bond motifs is 5. The number of nitrogens with zero attached hydrogens (tertiary/aromatic N) is 1. The number of ether oxygens (including phenoxy) is 9. The van der Waals surface area contributed by atoms with Gasteiger partial charge in [-0.05, 0) is 44.9 Å². The maximum atomic E-state index is 14.3. The Morgan fingerprint density at radius 1 is 0.836 bits per heavy atom. The van der Waals surface area contributed by atoms with Gasteiger partial charge >= 0.3 is 47.8 Å². The van der Waals surface area contributed by atoms with Gasteiger partial charge in [0.05, 0.1) is 34.9 Å². The minimum atomic E-state index is -2.87. The first kappa shape index (κ1) is 44.7. The van der Waals surface area contributed by atoms with Crippen molar-refractivity contribution < 1.29 is 90.5 Å². The van der Waals surface area contributed by atoms with Crippen molar-refractivity contribution in [3.63, 3.8) is 0 Å². The smallest absolute Gasteiger partial charge is 0.341 e. The van der Waals surface area contributed by atoms with Crippen LogP contribution in [-0.2, 0) is 77.8 Å². The Bertz CT molecular complexity index is 2100. The summed E-state index contributed by atoms with van der Waals surface area (Å²) in [5, 5.41) is 13.6. The summed E-state index contributed by atoms with van der Waals surface area (Å²) in [7, 11) is 0. The van der Waals surface area contributed by atoms with Gasteiger partial charge in [-0.3, -0.25) is 33.8 Å². The van der Waals surface area contributed by atoms with Gasteiger partial charge in [-0.15, -0.1) is 0 Å². The van der Waals surface area contributed by atoms with Crippen LogP contribution < -0.4 is 0 Å². The van der Waals surface area contributed by atoms with Gasteiger partial charge in [-0.25, -0.2) is 9.59 Å². The zero-order chi connectivity index (χ0) is 44.8. The minimum Gasteiger partial charge on any atom is -0.472 e. The summed E-state index contributed by atoms with van der Waals surface area (Å²) in [5.74, 6) is -10.8. The molecule has 3 fully saturated rings. The summed E-state index contributed by atoms with van der Waals surface area (Å²) in [6.45, 7) is 7.05. The molecule has 2 saturated carbocycles. The molecule has 1 spiro atoms. The van der Waals surface area contributed by atoms with Gasteiger partial charge in [0.25, 0.3) is 0 Å². The lowest BCUT2D eigenvalue weighted by atomic mass is 9.45. The number of esters is 8. The fourth-order valence-electron chi connectivity index (χ4n) is 9.54. The molecule has 61 heavy (non-hydrogen) atoms. The quantitative estimate of drug-likeness (QED) is 0.293. The third-order valence-electron chi connectivity index (χ3n) is 11.8. The minimum absolute atomic E-state index is 0.0163. The van der Waals surface area contributed by atoms with Crippen LogP contribution in [0.3, 0.4) is 0 Å². The normalized spacial score (nSPS) is 35.4. The topological polar surface area (TPSA) is 266 Å². The molecule has 2 aliphatic heterocycles. The molecule has 0 aromatic carbocycles. The molecular formula is C41H47NO19. The number of rotatable bonds is 8. The van der Waals surface area contributed by atoms with Gasteiger partial charge in [0.1, 0.15) is 48.3 Å². The van der Waals surface area contributed by atoms with Crippen molar-refractivity contribution in [3.8, 4) is 0 Å². The van der Waals surface area contributed by atoms with E-state index in [1.54, 1.807) is 0 Å². The number of hydrogen-bond acceptors (Lipinski definition) is 20. The standard InChI is InChI=1S/C41H47NO19/c1-19-11-12-27-26(10-9-14-42-27)37(50)54-17-38(7)28-29(55-21(3)44)33(57-23(5)46)40(18-53-20(2)43)34(58-24(6)47)30(59-36(49)25-13-15-52-16-25)32(60-35(19)48)39(8,51)41(40,61-38)31(28)56-22(4)45/h9-10,13-16,19,28-34,51H,11-12,17-18H2,1-8H3/t19-,28+,29+,30-,31-,32-,33+,34+,38+,39-,40-,41-/m1/s1. The highest BCUT2D eigenvalue weighted by molar-refractivity contribution is 5.91. The van der Waals surface area contributed by atoms with Crippen molar-refractivity contribution in [3.05, 3.63) is 53.7 Å². The van der Waals surface area contributed by atoms with Crippen LogP contribution in [0.5, 0.6) is 0 Å². The third-order valence-corrected chi connectivity index (χ3v) is 11.8. The average Bonchev–Trinajstić information content (AvgIpc) is 3.79. The number of carbonyl (C=O) groups is 8. The van der Waals surface area contributed by atoms with E-state index in [9.17, 15) is 43.5 Å². The van der Waals surface area contributed by atoms with Crippen molar-refractivity contribution in [2.24, 2.45) is 17.3 Å². The summed E-state index contributed by atoms with van der Waals surface area (Å²) in [6.07, 6.45) is -8.59. The molecule has 330 valence electrons. The molecular weight excluding hydrogens is 810 g/mol. The highest BCUT2D eigenvalue weighted by atomic mass is 16.7. The Morgan fingerprint density at radius 2 is 1.46 bits per heavy atom. The number of carbonyl (C=O) groups excluding carboxylic acids is 8. The first-order chi connectivity index (χ1) is 28.6. The Kier molecular flexibility index (Phi) is 12.1. The fraction of sp³-hybridized carbons (Fsp3) is 0.585. The van der Waals surface area contributed by atoms with E-state index in [0.29, 0.717) is 0 Å². The number of hydrogen-bond donors (Lipinski definition) is 1. The molecule has 4 heterocycles. The molecule has 20 nitrogen and oxygen atoms in total. The van der Waals surface area contributed by atoms with Gasteiger partial charge in [0.2, 0.25) is 0 Å². The molecule has 20 heteroatoms. The van der Waals surface area contributed by atoms with E-state index >= 15 is 0 Å². The number of pyridine rings is 1. The average molecular weight is 858 g/mol. The number of aromatic nitrogens is 1. The van der Waals surface area contributed by atoms with Crippen LogP contribution in [0.25, 0.3) is 0 Å². The molecule has 2 aliphatic carbocycles. The van der Waals surface area contributed by atoms with E-state index in [1.807, 2.05) is 0 Å². The zero-order valence-electron chi connectivity index (χ0n) is 34.7. The fourth-order valence-corrected chi connectivity index (χ4v) is 9.54. The Morgan fingerprint density at radius 3 is 2.05 bits per heavy atom. The Balaban J connectivity index is 1.77. The van der Waals surface area contributed by atoms with Crippen molar-refractivity contribution in [1.29, 1.82) is 0 Å². The second-order valence-corrected chi connectivity index (χ2v) is 16.1. The summed E-state index contributed by atoms with van der Waals surface area (Å²) in [4.78, 5) is 113. The lowest BCUT2D eigenvalue weighted by Gasteiger charge is -2.67. The second-order valence-electron chi connectivity index (χ2n) is 16.1. The van der Waals surface area contributed by atoms with Crippen LogP contribution in [0.4, 0.5) is 0 Å². The Labute approximate surface area is 348 Å². The van der Waals surface area contributed by atoms with Gasteiger partial charge < -0.3 is 52.2 Å². The number of aliphatic hydroxyl groups is 1. The first-order valence-electron chi connectivity index (χ1n) is 19.4. The molecule has 0 unspecified atom stereocenters. The SMILES string of the molecule is CC(=O)OC[C@@]12[C@@H](OC(C)=O)[C@H](OC(=O)c3ccoc3)[C@H]3OC(=O)[C@H](C)CCc4ncccc4C(=O)OC[C@]4(C)O[C@]1([C@H](OC(C)=O)[C@@H]4[C@H](OC(C)=O)[C@@H]2OC(C)=O)[C@]3(C)O. The molecule has 12 atom stereocenters. The van der Waals surface area contributed by atoms with Crippen molar-refractivity contribution >= 4 is 47.8 Å². The lowest BCUT2D eigenvalue weighted by Crippen LogP contribution is -2.89. The van der Waals surface area contributed by atoms with E-state index in [1.165, 1.54) is 38.2 Å². The van der Waals surface area contributed by atoms with Crippen molar-refractivity contribution in [2.45, 2.75) is 122 Å². The number of furan rings is 1. The maximum absolute atomic E-state index is 14.3. The highest BCUT2D eigenvalue weighted by Gasteiger charge is 2.92. The van der Waals surface area contributed by atoms with E-state index in [-0.39, 0.29) is 29.7 Å². The molecule has 4 bridgehead atoms. The van der Waals surface area contributed by atoms with Gasteiger partial charge in [-0.1, -0.05) is 6.92 Å².